The molecule has 0 radical (unpaired) electrons. The van der Waals surface area contributed by atoms with Gasteiger partial charge in [0, 0.05) is 24.6 Å². The van der Waals surface area contributed by atoms with E-state index in [2.05, 4.69) is 24.5 Å². The molecule has 1 amide bonds. The highest BCUT2D eigenvalue weighted by atomic mass is 16.5. The summed E-state index contributed by atoms with van der Waals surface area (Å²) in [6, 6.07) is 0.333. The van der Waals surface area contributed by atoms with Crippen LogP contribution in [0.2, 0.25) is 0 Å². The Morgan fingerprint density at radius 2 is 2.00 bits per heavy atom. The van der Waals surface area contributed by atoms with E-state index in [0.29, 0.717) is 12.1 Å². The van der Waals surface area contributed by atoms with Gasteiger partial charge in [0.05, 0.1) is 12.1 Å². The lowest BCUT2D eigenvalue weighted by molar-refractivity contribution is -0.154. The first-order valence-corrected chi connectivity index (χ1v) is 8.79. The molecular formula is C17H32N2O2. The summed E-state index contributed by atoms with van der Waals surface area (Å²) >= 11 is 0. The maximum Gasteiger partial charge on any atom is 0.236 e. The second-order valence-corrected chi connectivity index (χ2v) is 6.71. The summed E-state index contributed by atoms with van der Waals surface area (Å²) in [6.45, 7) is 7.70. The van der Waals surface area contributed by atoms with Crippen LogP contribution in [0.5, 0.6) is 0 Å². The van der Waals surface area contributed by atoms with Crippen LogP contribution in [0.25, 0.3) is 0 Å². The molecule has 2 N–H and O–H groups in total. The van der Waals surface area contributed by atoms with E-state index in [0.717, 1.165) is 26.0 Å². The fraction of sp³-hybridized carbons (Fsp3) is 0.941. The number of amides is 1. The molecule has 2 saturated carbocycles. The van der Waals surface area contributed by atoms with Gasteiger partial charge in [-0.1, -0.05) is 26.2 Å². The highest BCUT2D eigenvalue weighted by molar-refractivity contribution is 5.81. The minimum atomic E-state index is -0.108. The first-order valence-electron chi connectivity index (χ1n) is 8.79. The number of nitrogens with one attached hydrogen (secondary N) is 2. The van der Waals surface area contributed by atoms with E-state index < -0.39 is 0 Å². The molecule has 3 atom stereocenters. The monoisotopic (exact) mass is 296 g/mol. The van der Waals surface area contributed by atoms with Crippen molar-refractivity contribution in [2.45, 2.75) is 83.9 Å². The Bertz CT molecular complexity index is 340. The molecule has 2 aliphatic carbocycles. The van der Waals surface area contributed by atoms with E-state index in [1.807, 2.05) is 6.92 Å². The van der Waals surface area contributed by atoms with Gasteiger partial charge < -0.3 is 15.4 Å². The largest absolute Gasteiger partial charge is 0.378 e. The van der Waals surface area contributed by atoms with Crippen LogP contribution in [-0.4, -0.2) is 37.2 Å². The molecule has 2 aliphatic rings. The third kappa shape index (κ3) is 3.59. The quantitative estimate of drug-likeness (QED) is 0.759. The van der Waals surface area contributed by atoms with E-state index in [1.54, 1.807) is 0 Å². The van der Waals surface area contributed by atoms with Crippen LogP contribution < -0.4 is 10.6 Å². The molecule has 4 nitrogen and oxygen atoms in total. The molecule has 3 unspecified atom stereocenters. The molecule has 0 aliphatic heterocycles. The predicted octanol–water partition coefficient (Wildman–Crippen LogP) is 2.62. The molecule has 0 aromatic carbocycles. The molecule has 0 aromatic rings. The summed E-state index contributed by atoms with van der Waals surface area (Å²) in [7, 11) is 0. The summed E-state index contributed by atoms with van der Waals surface area (Å²) in [4.78, 5) is 12.1. The van der Waals surface area contributed by atoms with E-state index in [9.17, 15) is 4.79 Å². The van der Waals surface area contributed by atoms with Crippen molar-refractivity contribution in [2.75, 3.05) is 13.2 Å². The molecule has 122 valence electrons. The summed E-state index contributed by atoms with van der Waals surface area (Å²) < 4.78 is 5.97. The Balaban J connectivity index is 1.91. The van der Waals surface area contributed by atoms with E-state index >= 15 is 0 Å². The topological polar surface area (TPSA) is 50.4 Å². The Hall–Kier alpha value is -0.610. The summed E-state index contributed by atoms with van der Waals surface area (Å²) in [6.07, 6.45) is 8.89. The third-order valence-electron chi connectivity index (χ3n) is 5.33. The second-order valence-electron chi connectivity index (χ2n) is 6.71. The zero-order valence-corrected chi connectivity index (χ0v) is 13.9. The smallest absolute Gasteiger partial charge is 0.236 e. The Morgan fingerprint density at radius 3 is 2.62 bits per heavy atom. The van der Waals surface area contributed by atoms with Gasteiger partial charge in [0.25, 0.3) is 0 Å². The molecule has 0 saturated heterocycles. The maximum atomic E-state index is 12.1. The van der Waals surface area contributed by atoms with E-state index in [-0.39, 0.29) is 17.4 Å². The van der Waals surface area contributed by atoms with Crippen LogP contribution in [0, 0.1) is 5.41 Å². The van der Waals surface area contributed by atoms with Crippen molar-refractivity contribution < 1.29 is 9.53 Å². The van der Waals surface area contributed by atoms with Gasteiger partial charge in [0.2, 0.25) is 5.91 Å². The molecule has 0 bridgehead atoms. The van der Waals surface area contributed by atoms with Crippen LogP contribution in [0.4, 0.5) is 0 Å². The molecule has 2 fully saturated rings. The number of carbonyl (C=O) groups excluding carboxylic acids is 1. The molecule has 0 heterocycles. The summed E-state index contributed by atoms with van der Waals surface area (Å²) in [5, 5.41) is 6.56. The average molecular weight is 296 g/mol. The molecule has 4 heteroatoms. The minimum Gasteiger partial charge on any atom is -0.378 e. The van der Waals surface area contributed by atoms with Crippen molar-refractivity contribution in [3.05, 3.63) is 0 Å². The standard InChI is InChI=1S/C17H32N2O2/c1-4-11-18-16(20)13(3)19-14-12-15(21-5-2)17(14)9-7-6-8-10-17/h13-15,19H,4-12H2,1-3H3,(H,18,20). The van der Waals surface area contributed by atoms with Crippen LogP contribution >= 0.6 is 0 Å². The van der Waals surface area contributed by atoms with Crippen molar-refractivity contribution in [3.63, 3.8) is 0 Å². The molecular weight excluding hydrogens is 264 g/mol. The lowest BCUT2D eigenvalue weighted by atomic mass is 9.55. The normalized spacial score (nSPS) is 28.9. The highest BCUT2D eigenvalue weighted by Gasteiger charge is 2.55. The molecule has 1 spiro atoms. The Morgan fingerprint density at radius 1 is 1.29 bits per heavy atom. The SMILES string of the molecule is CCCNC(=O)C(C)NC1CC(OCC)C12CCCCC2. The zero-order chi connectivity index (χ0) is 15.3. The average Bonchev–Trinajstić information content (AvgIpc) is 2.52. The number of rotatable bonds is 7. The lowest BCUT2D eigenvalue weighted by Crippen LogP contribution is -2.67. The Labute approximate surface area is 129 Å². The van der Waals surface area contributed by atoms with Crippen molar-refractivity contribution in [2.24, 2.45) is 5.41 Å². The number of carbonyl (C=O) groups is 1. The van der Waals surface area contributed by atoms with Crippen molar-refractivity contribution in [3.8, 4) is 0 Å². The molecule has 2 rings (SSSR count). The van der Waals surface area contributed by atoms with Gasteiger partial charge >= 0.3 is 0 Å². The third-order valence-corrected chi connectivity index (χ3v) is 5.33. The van der Waals surface area contributed by atoms with Gasteiger partial charge in [-0.05, 0) is 39.5 Å². The number of hydrogen-bond donors (Lipinski definition) is 2. The van der Waals surface area contributed by atoms with E-state index in [1.165, 1.54) is 32.1 Å². The van der Waals surface area contributed by atoms with Gasteiger partial charge in [-0.15, -0.1) is 0 Å². The van der Waals surface area contributed by atoms with Crippen molar-refractivity contribution in [1.82, 2.24) is 10.6 Å². The Kier molecular flexibility index (Phi) is 6.06. The maximum absolute atomic E-state index is 12.1. The van der Waals surface area contributed by atoms with Crippen LogP contribution in [0.3, 0.4) is 0 Å². The van der Waals surface area contributed by atoms with Gasteiger partial charge in [-0.25, -0.2) is 0 Å². The first kappa shape index (κ1) is 16.8. The molecule has 0 aromatic heterocycles. The second kappa shape index (κ2) is 7.59. The summed E-state index contributed by atoms with van der Waals surface area (Å²) in [5.74, 6) is 0.127. The van der Waals surface area contributed by atoms with Crippen molar-refractivity contribution >= 4 is 5.91 Å². The lowest BCUT2D eigenvalue weighted by Gasteiger charge is -2.58. The van der Waals surface area contributed by atoms with Gasteiger partial charge in [0.1, 0.15) is 0 Å². The van der Waals surface area contributed by atoms with Crippen LogP contribution in [0.15, 0.2) is 0 Å². The van der Waals surface area contributed by atoms with E-state index in [4.69, 9.17) is 4.74 Å². The van der Waals surface area contributed by atoms with Gasteiger partial charge in [-0.3, -0.25) is 4.79 Å². The molecule has 21 heavy (non-hydrogen) atoms. The minimum absolute atomic E-state index is 0.108. The van der Waals surface area contributed by atoms with Crippen LogP contribution in [-0.2, 0) is 9.53 Å². The number of ether oxygens (including phenoxy) is 1. The van der Waals surface area contributed by atoms with Crippen LogP contribution in [0.1, 0.15) is 65.7 Å². The predicted molar refractivity (Wildman–Crippen MR) is 85.2 cm³/mol. The zero-order valence-electron chi connectivity index (χ0n) is 13.9. The summed E-state index contributed by atoms with van der Waals surface area (Å²) in [5.41, 5.74) is 0.285. The highest BCUT2D eigenvalue weighted by Crippen LogP contribution is 2.53. The van der Waals surface area contributed by atoms with Crippen molar-refractivity contribution in [1.29, 1.82) is 0 Å². The number of hydrogen-bond acceptors (Lipinski definition) is 3. The first-order chi connectivity index (χ1) is 10.1. The fourth-order valence-electron chi connectivity index (χ4n) is 4.08. The van der Waals surface area contributed by atoms with Gasteiger partial charge in [-0.2, -0.15) is 0 Å². The fourth-order valence-corrected chi connectivity index (χ4v) is 4.08. The van der Waals surface area contributed by atoms with Gasteiger partial charge in [0.15, 0.2) is 0 Å².